The predicted octanol–water partition coefficient (Wildman–Crippen LogP) is 4.10. The number of furan rings is 1. The van der Waals surface area contributed by atoms with Crippen molar-refractivity contribution in [1.29, 1.82) is 0 Å². The van der Waals surface area contributed by atoms with Gasteiger partial charge in [-0.05, 0) is 63.5 Å². The highest BCUT2D eigenvalue weighted by Gasteiger charge is 2.14. The molecule has 1 N–H and O–H groups in total. The number of aromatic nitrogens is 2. The van der Waals surface area contributed by atoms with E-state index in [4.69, 9.17) is 4.42 Å². The van der Waals surface area contributed by atoms with Crippen LogP contribution in [0.5, 0.6) is 0 Å². The van der Waals surface area contributed by atoms with Crippen molar-refractivity contribution < 1.29 is 4.42 Å². The predicted molar refractivity (Wildman–Crippen MR) is 88.5 cm³/mol. The molecule has 2 aromatic heterocycles. The molecule has 4 nitrogen and oxygen atoms in total. The lowest BCUT2D eigenvalue weighted by Gasteiger charge is -2.19. The van der Waals surface area contributed by atoms with Gasteiger partial charge in [0.2, 0.25) is 0 Å². The molecular formula is C16H24BrN3O. The van der Waals surface area contributed by atoms with Gasteiger partial charge in [0, 0.05) is 11.1 Å². The third-order valence-electron chi connectivity index (χ3n) is 3.48. The van der Waals surface area contributed by atoms with Gasteiger partial charge in [-0.1, -0.05) is 0 Å². The summed E-state index contributed by atoms with van der Waals surface area (Å²) < 4.78 is 8.94. The second-order valence-corrected chi connectivity index (χ2v) is 7.33. The van der Waals surface area contributed by atoms with Gasteiger partial charge in [-0.25, -0.2) is 0 Å². The van der Waals surface area contributed by atoms with Gasteiger partial charge in [-0.2, -0.15) is 5.10 Å². The van der Waals surface area contributed by atoms with Crippen LogP contribution in [0.15, 0.2) is 15.0 Å². The van der Waals surface area contributed by atoms with Gasteiger partial charge < -0.3 is 9.73 Å². The Hall–Kier alpha value is -1.07. The van der Waals surface area contributed by atoms with Gasteiger partial charge in [0.25, 0.3) is 0 Å². The summed E-state index contributed by atoms with van der Waals surface area (Å²) in [6.07, 6.45) is 0. The Balaban J connectivity index is 2.14. The first-order chi connectivity index (χ1) is 9.67. The molecule has 2 heterocycles. The number of nitrogens with zero attached hydrogens (tertiary/aromatic N) is 2. The molecule has 0 radical (unpaired) electrons. The van der Waals surface area contributed by atoms with Crippen LogP contribution in [0.3, 0.4) is 0 Å². The fourth-order valence-electron chi connectivity index (χ4n) is 2.17. The Kier molecular flexibility index (Phi) is 4.63. The second kappa shape index (κ2) is 5.97. The fraction of sp³-hybridized carbons (Fsp3) is 0.562. The average molecular weight is 354 g/mol. The minimum Gasteiger partial charge on any atom is -0.465 e. The van der Waals surface area contributed by atoms with Crippen LogP contribution >= 0.6 is 15.9 Å². The molecule has 0 saturated heterocycles. The quantitative estimate of drug-likeness (QED) is 0.899. The van der Waals surface area contributed by atoms with Crippen molar-refractivity contribution in [1.82, 2.24) is 15.1 Å². The van der Waals surface area contributed by atoms with E-state index in [1.54, 1.807) is 0 Å². The molecule has 0 aliphatic heterocycles. The van der Waals surface area contributed by atoms with E-state index in [0.717, 1.165) is 40.5 Å². The molecule has 0 bridgehead atoms. The third-order valence-corrected chi connectivity index (χ3v) is 4.63. The van der Waals surface area contributed by atoms with E-state index in [1.165, 1.54) is 5.56 Å². The van der Waals surface area contributed by atoms with E-state index in [1.807, 2.05) is 18.5 Å². The van der Waals surface area contributed by atoms with Crippen molar-refractivity contribution in [2.75, 3.05) is 0 Å². The number of halogens is 1. The lowest BCUT2D eigenvalue weighted by Crippen LogP contribution is -2.34. The normalized spacial score (nSPS) is 12.1. The molecule has 116 valence electrons. The summed E-state index contributed by atoms with van der Waals surface area (Å²) in [5.41, 5.74) is 3.42. The smallest absolute Gasteiger partial charge is 0.118 e. The van der Waals surface area contributed by atoms with E-state index >= 15 is 0 Å². The zero-order chi connectivity index (χ0) is 15.8. The molecule has 0 unspecified atom stereocenters. The molecule has 0 saturated carbocycles. The number of rotatable bonds is 4. The van der Waals surface area contributed by atoms with Crippen molar-refractivity contribution in [3.8, 4) is 0 Å². The van der Waals surface area contributed by atoms with Crippen LogP contribution in [0.25, 0.3) is 0 Å². The van der Waals surface area contributed by atoms with E-state index in [-0.39, 0.29) is 5.54 Å². The number of hydrogen-bond donors (Lipinski definition) is 1. The van der Waals surface area contributed by atoms with Gasteiger partial charge in [-0.3, -0.25) is 4.68 Å². The third kappa shape index (κ3) is 3.98. The Morgan fingerprint density at radius 1 is 1.29 bits per heavy atom. The molecule has 0 aromatic carbocycles. The Bertz CT molecular complexity index is 635. The van der Waals surface area contributed by atoms with Crippen LogP contribution in [-0.2, 0) is 13.1 Å². The van der Waals surface area contributed by atoms with E-state index in [2.05, 4.69) is 60.1 Å². The number of aryl methyl sites for hydroxylation is 2. The van der Waals surface area contributed by atoms with Crippen LogP contribution in [-0.4, -0.2) is 15.3 Å². The maximum absolute atomic E-state index is 5.84. The standard InChI is InChI=1S/C16H24BrN3O/c1-10-15(17)11(2)20(19-10)9-13-7-14(21-12(13)3)8-18-16(4,5)6/h7,18H,8-9H2,1-6H3. The SMILES string of the molecule is Cc1nn(Cc2cc(CNC(C)(C)C)oc2C)c(C)c1Br. The Morgan fingerprint density at radius 2 is 1.95 bits per heavy atom. The Morgan fingerprint density at radius 3 is 2.48 bits per heavy atom. The monoisotopic (exact) mass is 353 g/mol. The molecular weight excluding hydrogens is 330 g/mol. The minimum atomic E-state index is 0.0847. The summed E-state index contributed by atoms with van der Waals surface area (Å²) >= 11 is 3.57. The average Bonchev–Trinajstić information content (AvgIpc) is 2.83. The topological polar surface area (TPSA) is 43.0 Å². The van der Waals surface area contributed by atoms with Gasteiger partial charge in [0.05, 0.1) is 29.0 Å². The molecule has 0 fully saturated rings. The Labute approximate surface area is 135 Å². The second-order valence-electron chi connectivity index (χ2n) is 6.54. The highest BCUT2D eigenvalue weighted by atomic mass is 79.9. The van der Waals surface area contributed by atoms with E-state index < -0.39 is 0 Å². The lowest BCUT2D eigenvalue weighted by atomic mass is 10.1. The van der Waals surface area contributed by atoms with Crippen LogP contribution in [0.1, 0.15) is 49.2 Å². The van der Waals surface area contributed by atoms with Gasteiger partial charge in [0.15, 0.2) is 0 Å². The van der Waals surface area contributed by atoms with Crippen LogP contribution in [0.2, 0.25) is 0 Å². The van der Waals surface area contributed by atoms with Crippen molar-refractivity contribution in [2.24, 2.45) is 0 Å². The number of nitrogens with one attached hydrogen (secondary N) is 1. The fourth-order valence-corrected chi connectivity index (χ4v) is 2.46. The molecule has 21 heavy (non-hydrogen) atoms. The largest absolute Gasteiger partial charge is 0.465 e. The van der Waals surface area contributed by atoms with Crippen LogP contribution < -0.4 is 5.32 Å². The molecule has 0 aliphatic carbocycles. The van der Waals surface area contributed by atoms with E-state index in [0.29, 0.717) is 0 Å². The molecule has 0 spiro atoms. The zero-order valence-electron chi connectivity index (χ0n) is 13.7. The first-order valence-electron chi connectivity index (χ1n) is 7.20. The number of hydrogen-bond acceptors (Lipinski definition) is 3. The maximum atomic E-state index is 5.84. The molecule has 0 aliphatic rings. The molecule has 0 amide bonds. The van der Waals surface area contributed by atoms with Crippen molar-refractivity contribution in [2.45, 2.75) is 60.2 Å². The van der Waals surface area contributed by atoms with Gasteiger partial charge >= 0.3 is 0 Å². The highest BCUT2D eigenvalue weighted by molar-refractivity contribution is 9.10. The minimum absolute atomic E-state index is 0.0847. The van der Waals surface area contributed by atoms with Crippen molar-refractivity contribution in [3.05, 3.63) is 39.0 Å². The van der Waals surface area contributed by atoms with E-state index in [9.17, 15) is 0 Å². The maximum Gasteiger partial charge on any atom is 0.118 e. The molecule has 2 aromatic rings. The highest BCUT2D eigenvalue weighted by Crippen LogP contribution is 2.22. The summed E-state index contributed by atoms with van der Waals surface area (Å²) in [6, 6.07) is 2.12. The molecule has 0 atom stereocenters. The van der Waals surface area contributed by atoms with Crippen LogP contribution in [0.4, 0.5) is 0 Å². The summed E-state index contributed by atoms with van der Waals surface area (Å²) in [7, 11) is 0. The summed E-state index contributed by atoms with van der Waals surface area (Å²) in [6.45, 7) is 14.0. The zero-order valence-corrected chi connectivity index (χ0v) is 15.3. The summed E-state index contributed by atoms with van der Waals surface area (Å²) in [5.74, 6) is 1.93. The summed E-state index contributed by atoms with van der Waals surface area (Å²) in [4.78, 5) is 0. The van der Waals surface area contributed by atoms with Crippen molar-refractivity contribution >= 4 is 15.9 Å². The lowest BCUT2D eigenvalue weighted by molar-refractivity contribution is 0.382. The van der Waals surface area contributed by atoms with Gasteiger partial charge in [0.1, 0.15) is 11.5 Å². The van der Waals surface area contributed by atoms with Crippen molar-refractivity contribution in [3.63, 3.8) is 0 Å². The van der Waals surface area contributed by atoms with Gasteiger partial charge in [-0.15, -0.1) is 0 Å². The summed E-state index contributed by atoms with van der Waals surface area (Å²) in [5, 5.41) is 8.00. The molecule has 5 heteroatoms. The first-order valence-corrected chi connectivity index (χ1v) is 7.99. The first kappa shape index (κ1) is 16.3. The van der Waals surface area contributed by atoms with Crippen LogP contribution in [0, 0.1) is 20.8 Å². The molecule has 2 rings (SSSR count).